The molecule has 222 valence electrons. The number of halogens is 4. The van der Waals surface area contributed by atoms with Gasteiger partial charge in [0, 0.05) is 22.2 Å². The van der Waals surface area contributed by atoms with Crippen LogP contribution in [0, 0.1) is 10.1 Å². The van der Waals surface area contributed by atoms with Crippen molar-refractivity contribution in [3.05, 3.63) is 133 Å². The maximum absolute atomic E-state index is 13.5. The number of aromatic nitrogens is 2. The number of nitro benzene ring substituents is 1. The highest BCUT2D eigenvalue weighted by Crippen LogP contribution is 2.35. The van der Waals surface area contributed by atoms with Crippen molar-refractivity contribution in [2.24, 2.45) is 5.10 Å². The van der Waals surface area contributed by atoms with Crippen LogP contribution in [0.25, 0.3) is 22.3 Å². The molecule has 0 bridgehead atoms. The summed E-state index contributed by atoms with van der Waals surface area (Å²) < 4.78 is 47.0. The maximum atomic E-state index is 13.5. The van der Waals surface area contributed by atoms with Crippen LogP contribution in [-0.2, 0) is 12.8 Å². The van der Waals surface area contributed by atoms with Gasteiger partial charge in [-0.05, 0) is 48.0 Å². The molecule has 0 radical (unpaired) electrons. The van der Waals surface area contributed by atoms with Crippen molar-refractivity contribution in [3.63, 3.8) is 0 Å². The SMILES string of the molecule is O=C(O)c1ccc(COc2c(C=Nn3c(-c4cccc(C(F)(F)F)c4)nc4ccccc4c3=O)cc(Cl)cc2[N+](=O)[O-])cc1. The number of alkyl halides is 3. The minimum atomic E-state index is -4.67. The molecule has 0 atom stereocenters. The van der Waals surface area contributed by atoms with Gasteiger partial charge in [-0.25, -0.2) is 9.78 Å². The van der Waals surface area contributed by atoms with E-state index in [0.717, 1.165) is 29.1 Å². The van der Waals surface area contributed by atoms with Crippen molar-refractivity contribution < 1.29 is 32.7 Å². The molecule has 1 heterocycles. The second-order valence-corrected chi connectivity index (χ2v) is 9.72. The first kappa shape index (κ1) is 29.9. The molecule has 0 fully saturated rings. The quantitative estimate of drug-likeness (QED) is 0.114. The van der Waals surface area contributed by atoms with Crippen molar-refractivity contribution >= 4 is 40.4 Å². The van der Waals surface area contributed by atoms with Gasteiger partial charge in [0.25, 0.3) is 5.56 Å². The second-order valence-electron chi connectivity index (χ2n) is 9.28. The average molecular weight is 623 g/mol. The standard InChI is InChI=1S/C30H18ClF3N4O6/c31-22-13-20(26(25(14-22)38(42)43)44-16-17-8-10-18(11-9-17)29(40)41)15-35-37-27(19-4-3-5-21(12-19)30(32,33)34)36-24-7-2-1-6-23(24)28(37)39/h1-15H,16H2,(H,40,41). The number of hydrogen-bond donors (Lipinski definition) is 1. The van der Waals surface area contributed by atoms with Gasteiger partial charge in [-0.3, -0.25) is 14.9 Å². The lowest BCUT2D eigenvalue weighted by Gasteiger charge is -2.13. The number of ether oxygens (including phenoxy) is 1. The Morgan fingerprint density at radius 1 is 1.07 bits per heavy atom. The van der Waals surface area contributed by atoms with Gasteiger partial charge in [0.05, 0.1) is 33.2 Å². The number of nitrogens with zero attached hydrogens (tertiary/aromatic N) is 4. The van der Waals surface area contributed by atoms with Gasteiger partial charge in [-0.2, -0.15) is 22.9 Å². The molecular weight excluding hydrogens is 605 g/mol. The van der Waals surface area contributed by atoms with Gasteiger partial charge in [-0.1, -0.05) is 48.0 Å². The zero-order valence-electron chi connectivity index (χ0n) is 22.2. The summed E-state index contributed by atoms with van der Waals surface area (Å²) in [6, 6.07) is 18.4. The van der Waals surface area contributed by atoms with Gasteiger partial charge in [-0.15, -0.1) is 0 Å². The Balaban J connectivity index is 1.63. The Morgan fingerprint density at radius 2 is 1.80 bits per heavy atom. The van der Waals surface area contributed by atoms with Crippen molar-refractivity contribution in [1.29, 1.82) is 0 Å². The van der Waals surface area contributed by atoms with Crippen molar-refractivity contribution in [2.45, 2.75) is 12.8 Å². The lowest BCUT2D eigenvalue weighted by Crippen LogP contribution is -2.20. The third kappa shape index (κ3) is 6.27. The van der Waals surface area contributed by atoms with Crippen LogP contribution in [-0.4, -0.2) is 31.9 Å². The number of rotatable bonds is 8. The molecule has 14 heteroatoms. The molecule has 44 heavy (non-hydrogen) atoms. The van der Waals surface area contributed by atoms with Crippen molar-refractivity contribution in [1.82, 2.24) is 9.66 Å². The number of nitro groups is 1. The summed E-state index contributed by atoms with van der Waals surface area (Å²) in [6.45, 7) is -0.212. The highest BCUT2D eigenvalue weighted by Gasteiger charge is 2.31. The molecule has 10 nitrogen and oxygen atoms in total. The molecule has 0 aliphatic carbocycles. The predicted octanol–water partition coefficient (Wildman–Crippen LogP) is 6.80. The zero-order chi connectivity index (χ0) is 31.6. The molecular formula is C30H18ClF3N4O6. The number of aromatic carboxylic acids is 1. The Labute approximate surface area is 250 Å². The lowest BCUT2D eigenvalue weighted by atomic mass is 10.1. The fourth-order valence-corrected chi connectivity index (χ4v) is 4.48. The first-order valence-electron chi connectivity index (χ1n) is 12.6. The van der Waals surface area contributed by atoms with E-state index < -0.39 is 33.9 Å². The summed E-state index contributed by atoms with van der Waals surface area (Å²) in [6.07, 6.45) is -3.61. The first-order chi connectivity index (χ1) is 20.9. The van der Waals surface area contributed by atoms with E-state index in [-0.39, 0.29) is 50.8 Å². The summed E-state index contributed by atoms with van der Waals surface area (Å²) in [7, 11) is 0. The summed E-state index contributed by atoms with van der Waals surface area (Å²) in [5.74, 6) is -1.62. The van der Waals surface area contributed by atoms with Crippen LogP contribution in [0.15, 0.2) is 94.8 Å². The van der Waals surface area contributed by atoms with Crippen LogP contribution in [0.4, 0.5) is 18.9 Å². The van der Waals surface area contributed by atoms with E-state index in [2.05, 4.69) is 10.1 Å². The molecule has 0 unspecified atom stereocenters. The second kappa shape index (κ2) is 12.0. The zero-order valence-corrected chi connectivity index (χ0v) is 22.9. The Hall–Kier alpha value is -5.56. The smallest absolute Gasteiger partial charge is 0.416 e. The van der Waals surface area contributed by atoms with E-state index in [4.69, 9.17) is 21.4 Å². The summed E-state index contributed by atoms with van der Waals surface area (Å²) in [4.78, 5) is 40.2. The number of hydrogen-bond acceptors (Lipinski definition) is 7. The van der Waals surface area contributed by atoms with E-state index >= 15 is 0 Å². The number of carbonyl (C=O) groups is 1. The topological polar surface area (TPSA) is 137 Å². The molecule has 4 aromatic carbocycles. The van der Waals surface area contributed by atoms with Gasteiger partial charge in [0.2, 0.25) is 5.75 Å². The van der Waals surface area contributed by atoms with Gasteiger partial charge < -0.3 is 9.84 Å². The third-order valence-corrected chi connectivity index (χ3v) is 6.58. The lowest BCUT2D eigenvalue weighted by molar-refractivity contribution is -0.385. The minimum absolute atomic E-state index is 0.0265. The van der Waals surface area contributed by atoms with Gasteiger partial charge in [0.1, 0.15) is 6.61 Å². The molecule has 1 aromatic heterocycles. The summed E-state index contributed by atoms with van der Waals surface area (Å²) in [5.41, 5.74) is -1.55. The van der Waals surface area contributed by atoms with Crippen LogP contribution >= 0.6 is 11.6 Å². The van der Waals surface area contributed by atoms with Gasteiger partial charge >= 0.3 is 17.8 Å². The Kier molecular flexibility index (Phi) is 8.14. The predicted molar refractivity (Wildman–Crippen MR) is 155 cm³/mol. The van der Waals surface area contributed by atoms with E-state index in [1.807, 2.05) is 0 Å². The van der Waals surface area contributed by atoms with Crippen molar-refractivity contribution in [3.8, 4) is 17.1 Å². The van der Waals surface area contributed by atoms with E-state index in [1.54, 1.807) is 12.1 Å². The number of para-hydroxylation sites is 1. The van der Waals surface area contributed by atoms with E-state index in [0.29, 0.717) is 5.56 Å². The minimum Gasteiger partial charge on any atom is -0.481 e. The van der Waals surface area contributed by atoms with Crippen LogP contribution in [0.2, 0.25) is 5.02 Å². The highest BCUT2D eigenvalue weighted by molar-refractivity contribution is 6.31. The molecule has 0 saturated carbocycles. The first-order valence-corrected chi connectivity index (χ1v) is 13.0. The van der Waals surface area contributed by atoms with E-state index in [1.165, 1.54) is 54.6 Å². The van der Waals surface area contributed by atoms with Gasteiger partial charge in [0.15, 0.2) is 5.82 Å². The fraction of sp³-hybridized carbons (Fsp3) is 0.0667. The Bertz CT molecular complexity index is 2010. The maximum Gasteiger partial charge on any atom is 0.416 e. The monoisotopic (exact) mass is 622 g/mol. The largest absolute Gasteiger partial charge is 0.481 e. The number of carboxylic acid groups (broad SMARTS) is 1. The van der Waals surface area contributed by atoms with Crippen LogP contribution in [0.5, 0.6) is 5.75 Å². The average Bonchev–Trinajstić information content (AvgIpc) is 2.99. The fourth-order valence-electron chi connectivity index (χ4n) is 4.26. The third-order valence-electron chi connectivity index (χ3n) is 6.36. The molecule has 0 saturated heterocycles. The highest BCUT2D eigenvalue weighted by atomic mass is 35.5. The van der Waals surface area contributed by atoms with Crippen LogP contribution in [0.3, 0.4) is 0 Å². The molecule has 5 rings (SSSR count). The normalized spacial score (nSPS) is 11.6. The number of benzene rings is 4. The van der Waals surface area contributed by atoms with E-state index in [9.17, 15) is 32.9 Å². The Morgan fingerprint density at radius 3 is 2.48 bits per heavy atom. The molecule has 5 aromatic rings. The molecule has 0 amide bonds. The molecule has 0 spiro atoms. The number of fused-ring (bicyclic) bond motifs is 1. The molecule has 0 aliphatic rings. The van der Waals surface area contributed by atoms with Crippen LogP contribution in [0.1, 0.15) is 27.0 Å². The molecule has 0 aliphatic heterocycles. The summed E-state index contributed by atoms with van der Waals surface area (Å²) >= 11 is 6.14. The summed E-state index contributed by atoms with van der Waals surface area (Å²) in [5, 5.41) is 25.2. The van der Waals surface area contributed by atoms with Crippen LogP contribution < -0.4 is 10.3 Å². The molecule has 1 N–H and O–H groups in total. The number of carboxylic acids is 1. The van der Waals surface area contributed by atoms with Crippen molar-refractivity contribution in [2.75, 3.05) is 0 Å².